The molecule has 1 unspecified atom stereocenters. The molecule has 0 aliphatic heterocycles. The van der Waals surface area contributed by atoms with Gasteiger partial charge in [-0.25, -0.2) is 0 Å². The fourth-order valence-electron chi connectivity index (χ4n) is 1.69. The summed E-state index contributed by atoms with van der Waals surface area (Å²) in [5.74, 6) is 0.470. The highest BCUT2D eigenvalue weighted by Gasteiger charge is 2.14. The van der Waals surface area contributed by atoms with Gasteiger partial charge in [-0.2, -0.15) is 0 Å². The molecule has 0 bridgehead atoms. The van der Waals surface area contributed by atoms with Crippen molar-refractivity contribution < 1.29 is 0 Å². The average molecular weight is 436 g/mol. The Balaban J connectivity index is 2.38. The number of hydrogen-bond acceptors (Lipinski definition) is 2. The van der Waals surface area contributed by atoms with Gasteiger partial charge < -0.3 is 5.73 Å². The Labute approximate surface area is 134 Å². The van der Waals surface area contributed by atoms with Crippen molar-refractivity contribution in [3.05, 3.63) is 43.3 Å². The molecule has 96 valence electrons. The summed E-state index contributed by atoms with van der Waals surface area (Å²) in [7, 11) is 0. The Morgan fingerprint density at radius 2 is 1.94 bits per heavy atom. The normalized spacial score (nSPS) is 13.0. The number of benzene rings is 1. The summed E-state index contributed by atoms with van der Waals surface area (Å²) >= 11 is 7.70. The summed E-state index contributed by atoms with van der Waals surface area (Å²) in [6.07, 6.45) is 0. The van der Waals surface area contributed by atoms with Gasteiger partial charge >= 0.3 is 0 Å². The number of rotatable bonds is 3. The predicted octanol–water partition coefficient (Wildman–Crippen LogP) is 5.44. The highest BCUT2D eigenvalue weighted by molar-refractivity contribution is 14.1. The lowest BCUT2D eigenvalue weighted by atomic mass is 10.0. The first-order chi connectivity index (χ1) is 8.49. The van der Waals surface area contributed by atoms with E-state index in [1.165, 1.54) is 18.9 Å². The van der Waals surface area contributed by atoms with E-state index in [1.54, 1.807) is 11.3 Å². The molecule has 1 heterocycles. The second-order valence-corrected chi connectivity index (χ2v) is 7.79. The number of halogens is 2. The largest absolute Gasteiger partial charge is 0.323 e. The molecule has 0 radical (unpaired) electrons. The highest BCUT2D eigenvalue weighted by atomic mass is 127. The van der Waals surface area contributed by atoms with E-state index in [-0.39, 0.29) is 6.04 Å². The molecule has 0 aliphatic carbocycles. The lowest BCUT2D eigenvalue weighted by molar-refractivity contribution is 0.521. The molecule has 2 N–H and O–H groups in total. The fraction of sp³-hybridized carbons (Fsp3) is 0.286. The van der Waals surface area contributed by atoms with Crippen molar-refractivity contribution >= 4 is 49.9 Å². The van der Waals surface area contributed by atoms with Gasteiger partial charge in [0.25, 0.3) is 0 Å². The standard InChI is InChI=1S/C14H15BrINS/c1-8(2)14(17)13-6-5-12(18-13)10-7-9(15)3-4-11(10)16/h3-8,14H,17H2,1-2H3. The van der Waals surface area contributed by atoms with Crippen molar-refractivity contribution in [3.8, 4) is 10.4 Å². The Hall–Kier alpha value is 0.0900. The minimum atomic E-state index is 0.133. The predicted molar refractivity (Wildman–Crippen MR) is 91.9 cm³/mol. The Kier molecular flexibility index (Phi) is 4.86. The molecule has 18 heavy (non-hydrogen) atoms. The maximum absolute atomic E-state index is 6.20. The van der Waals surface area contributed by atoms with Crippen LogP contribution in [0.1, 0.15) is 24.8 Å². The molecular weight excluding hydrogens is 421 g/mol. The Bertz CT molecular complexity index is 550. The number of thiophene rings is 1. The maximum Gasteiger partial charge on any atom is 0.0413 e. The van der Waals surface area contributed by atoms with Crippen LogP contribution in [-0.2, 0) is 0 Å². The molecule has 2 aromatic rings. The summed E-state index contributed by atoms with van der Waals surface area (Å²) in [5, 5.41) is 0. The van der Waals surface area contributed by atoms with Gasteiger partial charge in [-0.1, -0.05) is 29.8 Å². The fourth-order valence-corrected chi connectivity index (χ4v) is 4.07. The molecule has 0 saturated heterocycles. The molecule has 0 spiro atoms. The molecule has 0 amide bonds. The number of hydrogen-bond donors (Lipinski definition) is 1. The minimum absolute atomic E-state index is 0.133. The van der Waals surface area contributed by atoms with E-state index in [1.807, 2.05) is 0 Å². The summed E-state index contributed by atoms with van der Waals surface area (Å²) in [5.41, 5.74) is 7.47. The summed E-state index contributed by atoms with van der Waals surface area (Å²) in [6.45, 7) is 4.32. The van der Waals surface area contributed by atoms with Gasteiger partial charge in [0.1, 0.15) is 0 Å². The topological polar surface area (TPSA) is 26.0 Å². The van der Waals surface area contributed by atoms with Crippen LogP contribution in [0.3, 0.4) is 0 Å². The van der Waals surface area contributed by atoms with Crippen LogP contribution in [0, 0.1) is 9.49 Å². The smallest absolute Gasteiger partial charge is 0.0413 e. The van der Waals surface area contributed by atoms with E-state index >= 15 is 0 Å². The quantitative estimate of drug-likeness (QED) is 0.638. The third-order valence-corrected chi connectivity index (χ3v) is 5.52. The average Bonchev–Trinajstić information content (AvgIpc) is 2.80. The second-order valence-electron chi connectivity index (χ2n) is 4.60. The first-order valence-electron chi connectivity index (χ1n) is 5.79. The molecule has 1 nitrogen and oxygen atoms in total. The van der Waals surface area contributed by atoms with Crippen LogP contribution in [0.4, 0.5) is 0 Å². The molecule has 1 aromatic heterocycles. The van der Waals surface area contributed by atoms with Crippen molar-refractivity contribution in [3.63, 3.8) is 0 Å². The van der Waals surface area contributed by atoms with Gasteiger partial charge in [-0.05, 0) is 58.8 Å². The third kappa shape index (κ3) is 3.15. The molecule has 1 aromatic carbocycles. The molecule has 0 saturated carbocycles. The number of nitrogens with two attached hydrogens (primary N) is 1. The van der Waals surface area contributed by atoms with Crippen LogP contribution >= 0.6 is 49.9 Å². The maximum atomic E-state index is 6.20. The lowest BCUT2D eigenvalue weighted by Crippen LogP contribution is -2.14. The van der Waals surface area contributed by atoms with Crippen LogP contribution in [0.2, 0.25) is 0 Å². The van der Waals surface area contributed by atoms with E-state index in [0.29, 0.717) is 5.92 Å². The van der Waals surface area contributed by atoms with Crippen molar-refractivity contribution in [2.24, 2.45) is 11.7 Å². The summed E-state index contributed by atoms with van der Waals surface area (Å²) in [4.78, 5) is 2.54. The first-order valence-corrected chi connectivity index (χ1v) is 8.48. The van der Waals surface area contributed by atoms with Gasteiger partial charge in [0.05, 0.1) is 0 Å². The molecular formula is C14H15BrINS. The van der Waals surface area contributed by atoms with Gasteiger partial charge in [0.15, 0.2) is 0 Å². The van der Waals surface area contributed by atoms with Gasteiger partial charge in [0, 0.05) is 29.4 Å². The van der Waals surface area contributed by atoms with Crippen LogP contribution in [0.15, 0.2) is 34.8 Å². The van der Waals surface area contributed by atoms with Crippen molar-refractivity contribution in [1.82, 2.24) is 0 Å². The van der Waals surface area contributed by atoms with Crippen molar-refractivity contribution in [2.45, 2.75) is 19.9 Å². The first kappa shape index (κ1) is 14.5. The minimum Gasteiger partial charge on any atom is -0.323 e. The zero-order valence-corrected chi connectivity index (χ0v) is 14.8. The molecule has 4 heteroatoms. The van der Waals surface area contributed by atoms with Gasteiger partial charge in [-0.3, -0.25) is 0 Å². The Morgan fingerprint density at radius 1 is 1.22 bits per heavy atom. The van der Waals surface area contributed by atoms with E-state index in [0.717, 1.165) is 4.47 Å². The third-order valence-electron chi connectivity index (χ3n) is 2.87. The summed E-state index contributed by atoms with van der Waals surface area (Å²) in [6, 6.07) is 10.8. The van der Waals surface area contributed by atoms with E-state index in [4.69, 9.17) is 5.73 Å². The zero-order valence-electron chi connectivity index (χ0n) is 10.3. The van der Waals surface area contributed by atoms with Gasteiger partial charge in [0.2, 0.25) is 0 Å². The molecule has 0 aliphatic rings. The van der Waals surface area contributed by atoms with Crippen LogP contribution < -0.4 is 5.73 Å². The Morgan fingerprint density at radius 3 is 2.61 bits per heavy atom. The van der Waals surface area contributed by atoms with Crippen molar-refractivity contribution in [1.29, 1.82) is 0 Å². The van der Waals surface area contributed by atoms with E-state index in [9.17, 15) is 0 Å². The van der Waals surface area contributed by atoms with E-state index < -0.39 is 0 Å². The molecule has 2 rings (SSSR count). The zero-order chi connectivity index (χ0) is 13.3. The van der Waals surface area contributed by atoms with Crippen LogP contribution in [0.5, 0.6) is 0 Å². The monoisotopic (exact) mass is 435 g/mol. The highest BCUT2D eigenvalue weighted by Crippen LogP contribution is 2.36. The second kappa shape index (κ2) is 6.03. The molecule has 1 atom stereocenters. The van der Waals surface area contributed by atoms with Crippen LogP contribution in [-0.4, -0.2) is 0 Å². The van der Waals surface area contributed by atoms with E-state index in [2.05, 4.69) is 82.7 Å². The lowest BCUT2D eigenvalue weighted by Gasteiger charge is -2.13. The van der Waals surface area contributed by atoms with Gasteiger partial charge in [-0.15, -0.1) is 11.3 Å². The SMILES string of the molecule is CC(C)C(N)c1ccc(-c2cc(Br)ccc2I)s1. The van der Waals surface area contributed by atoms with Crippen LogP contribution in [0.25, 0.3) is 10.4 Å². The summed E-state index contributed by atoms with van der Waals surface area (Å²) < 4.78 is 2.38. The molecule has 0 fully saturated rings. The van der Waals surface area contributed by atoms with Crippen molar-refractivity contribution in [2.75, 3.05) is 0 Å².